The van der Waals surface area contributed by atoms with Crippen molar-refractivity contribution in [2.75, 3.05) is 19.1 Å². The lowest BCUT2D eigenvalue weighted by molar-refractivity contribution is -0.111. The Morgan fingerprint density at radius 3 is 2.22 bits per heavy atom. The summed E-state index contributed by atoms with van der Waals surface area (Å²) in [4.78, 5) is 19.8. The van der Waals surface area contributed by atoms with Gasteiger partial charge in [0.1, 0.15) is 0 Å². The summed E-state index contributed by atoms with van der Waals surface area (Å²) in [6.45, 7) is 6.30. The highest BCUT2D eigenvalue weighted by atomic mass is 16.5. The van der Waals surface area contributed by atoms with Gasteiger partial charge in [0, 0.05) is 23.2 Å². The topological polar surface area (TPSA) is 51.1 Å². The Labute approximate surface area is 191 Å². The Morgan fingerprint density at radius 2 is 1.66 bits per heavy atom. The molecule has 32 heavy (non-hydrogen) atoms. The average molecular weight is 435 g/mol. The van der Waals surface area contributed by atoms with Crippen molar-refractivity contribution in [3.63, 3.8) is 0 Å². The maximum Gasteiger partial charge on any atom is 0.186 e. The summed E-state index contributed by atoms with van der Waals surface area (Å²) in [6, 6.07) is 12.8. The summed E-state index contributed by atoms with van der Waals surface area (Å²) < 4.78 is 11.3. The molecule has 0 bridgehead atoms. The van der Waals surface area contributed by atoms with Crippen LogP contribution in [0, 0.1) is 0 Å². The lowest BCUT2D eigenvalue weighted by Gasteiger charge is -2.47. The molecule has 2 aromatic carbocycles. The third-order valence-corrected chi connectivity index (χ3v) is 6.86. The van der Waals surface area contributed by atoms with E-state index in [0.717, 1.165) is 41.7 Å². The summed E-state index contributed by atoms with van der Waals surface area (Å²) >= 11 is 0. The fraction of sp³-hybridized carbons (Fsp3) is 0.481. The number of fused-ring (bicyclic) bond motifs is 1. The Kier molecular flexibility index (Phi) is 6.27. The van der Waals surface area contributed by atoms with E-state index in [1.807, 2.05) is 19.1 Å². The van der Waals surface area contributed by atoms with Gasteiger partial charge in [-0.3, -0.25) is 4.79 Å². The van der Waals surface area contributed by atoms with Gasteiger partial charge < -0.3 is 14.4 Å². The number of ether oxygens (including phenoxy) is 2. The molecule has 5 nitrogen and oxygen atoms in total. The van der Waals surface area contributed by atoms with Gasteiger partial charge in [0.15, 0.2) is 23.4 Å². The maximum atomic E-state index is 12.5. The minimum Gasteiger partial charge on any atom is -0.493 e. The van der Waals surface area contributed by atoms with Gasteiger partial charge in [-0.2, -0.15) is 0 Å². The average Bonchev–Trinajstić information content (AvgIpc) is 2.83. The SMILES string of the molecule is COc1cc2c(cc1OC)N(C1CCCCC1)C(C)(C=O)N=C2c1ccc(C(C)C)cc1. The number of methoxy groups -OCH3 is 2. The third-order valence-electron chi connectivity index (χ3n) is 6.86. The lowest BCUT2D eigenvalue weighted by Crippen LogP contribution is -2.55. The molecule has 0 spiro atoms. The number of carbonyl (C=O) groups is 1. The van der Waals surface area contributed by atoms with E-state index in [2.05, 4.69) is 43.0 Å². The van der Waals surface area contributed by atoms with Crippen molar-refractivity contribution >= 4 is 17.7 Å². The zero-order chi connectivity index (χ0) is 22.9. The number of benzene rings is 2. The highest BCUT2D eigenvalue weighted by Gasteiger charge is 2.42. The zero-order valence-electron chi connectivity index (χ0n) is 19.9. The molecule has 1 aliphatic carbocycles. The van der Waals surface area contributed by atoms with Crippen molar-refractivity contribution in [1.82, 2.24) is 0 Å². The van der Waals surface area contributed by atoms with Crippen LogP contribution in [0.25, 0.3) is 0 Å². The first kappa shape index (κ1) is 22.4. The Hall–Kier alpha value is -2.82. The fourth-order valence-corrected chi connectivity index (χ4v) is 5.08. The van der Waals surface area contributed by atoms with Gasteiger partial charge in [-0.1, -0.05) is 57.4 Å². The van der Waals surface area contributed by atoms with E-state index >= 15 is 0 Å². The van der Waals surface area contributed by atoms with Crippen LogP contribution in [0.5, 0.6) is 11.5 Å². The molecule has 4 rings (SSSR count). The van der Waals surface area contributed by atoms with Crippen LogP contribution < -0.4 is 14.4 Å². The van der Waals surface area contributed by atoms with Crippen molar-refractivity contribution < 1.29 is 14.3 Å². The molecule has 0 amide bonds. The van der Waals surface area contributed by atoms with Crippen molar-refractivity contribution in [2.24, 2.45) is 4.99 Å². The van der Waals surface area contributed by atoms with E-state index in [1.54, 1.807) is 14.2 Å². The molecule has 1 heterocycles. The number of hydrogen-bond donors (Lipinski definition) is 0. The summed E-state index contributed by atoms with van der Waals surface area (Å²) in [7, 11) is 3.30. The Morgan fingerprint density at radius 1 is 1.03 bits per heavy atom. The predicted molar refractivity (Wildman–Crippen MR) is 130 cm³/mol. The quantitative estimate of drug-likeness (QED) is 0.545. The summed E-state index contributed by atoms with van der Waals surface area (Å²) in [5, 5.41) is 0. The smallest absolute Gasteiger partial charge is 0.186 e. The number of rotatable bonds is 6. The van der Waals surface area contributed by atoms with Crippen LogP contribution in [0.4, 0.5) is 5.69 Å². The maximum absolute atomic E-state index is 12.5. The standard InChI is InChI=1S/C27H34N2O3/c1-18(2)19-11-13-20(14-12-19)26-22-15-24(31-4)25(32-5)16-23(22)29(27(3,17-30)28-26)21-9-7-6-8-10-21/h11-18,21H,6-10H2,1-5H3. The van der Waals surface area contributed by atoms with Crippen molar-refractivity contribution in [3.05, 3.63) is 53.1 Å². The van der Waals surface area contributed by atoms with Crippen LogP contribution in [-0.2, 0) is 4.79 Å². The molecule has 1 saturated carbocycles. The second kappa shape index (κ2) is 8.97. The van der Waals surface area contributed by atoms with E-state index in [1.165, 1.54) is 24.8 Å². The van der Waals surface area contributed by atoms with Crippen LogP contribution in [0.15, 0.2) is 41.4 Å². The number of hydrogen-bond acceptors (Lipinski definition) is 5. The first-order valence-corrected chi connectivity index (χ1v) is 11.6. The number of aliphatic imine (C=N–C) groups is 1. The predicted octanol–water partition coefficient (Wildman–Crippen LogP) is 5.73. The molecular weight excluding hydrogens is 400 g/mol. The molecule has 0 N–H and O–H groups in total. The zero-order valence-corrected chi connectivity index (χ0v) is 19.9. The first-order valence-electron chi connectivity index (χ1n) is 11.6. The Balaban J connectivity index is 1.92. The molecule has 1 unspecified atom stereocenters. The van der Waals surface area contributed by atoms with Crippen LogP contribution in [0.2, 0.25) is 0 Å². The second-order valence-electron chi connectivity index (χ2n) is 9.34. The lowest BCUT2D eigenvalue weighted by atomic mass is 9.87. The van der Waals surface area contributed by atoms with E-state index in [0.29, 0.717) is 17.4 Å². The molecule has 0 saturated heterocycles. The molecule has 2 aromatic rings. The van der Waals surface area contributed by atoms with Crippen LogP contribution in [-0.4, -0.2) is 37.9 Å². The van der Waals surface area contributed by atoms with Crippen molar-refractivity contribution in [1.29, 1.82) is 0 Å². The number of anilines is 1. The molecule has 2 aliphatic rings. The second-order valence-corrected chi connectivity index (χ2v) is 9.34. The highest BCUT2D eigenvalue weighted by Crippen LogP contribution is 2.44. The van der Waals surface area contributed by atoms with E-state index in [9.17, 15) is 4.79 Å². The van der Waals surface area contributed by atoms with Gasteiger partial charge in [-0.25, -0.2) is 4.99 Å². The van der Waals surface area contributed by atoms with Crippen LogP contribution >= 0.6 is 0 Å². The summed E-state index contributed by atoms with van der Waals surface area (Å²) in [5.41, 5.74) is 4.09. The molecule has 0 radical (unpaired) electrons. The van der Waals surface area contributed by atoms with Crippen LogP contribution in [0.3, 0.4) is 0 Å². The minimum absolute atomic E-state index is 0.268. The monoisotopic (exact) mass is 434 g/mol. The molecule has 1 fully saturated rings. The molecule has 1 atom stereocenters. The van der Waals surface area contributed by atoms with Gasteiger partial charge >= 0.3 is 0 Å². The number of aldehydes is 1. The molecule has 170 valence electrons. The molecule has 1 aliphatic heterocycles. The van der Waals surface area contributed by atoms with Gasteiger partial charge in [-0.15, -0.1) is 0 Å². The number of carbonyl (C=O) groups excluding carboxylic acids is 1. The van der Waals surface area contributed by atoms with Crippen LogP contribution in [0.1, 0.15) is 75.5 Å². The third kappa shape index (κ3) is 3.89. The highest BCUT2D eigenvalue weighted by molar-refractivity contribution is 6.18. The largest absolute Gasteiger partial charge is 0.493 e. The minimum atomic E-state index is -0.972. The fourth-order valence-electron chi connectivity index (χ4n) is 5.08. The molecule has 5 heteroatoms. The van der Waals surface area contributed by atoms with E-state index < -0.39 is 5.66 Å². The Bertz CT molecular complexity index is 1010. The van der Waals surface area contributed by atoms with E-state index in [4.69, 9.17) is 14.5 Å². The normalized spacial score (nSPS) is 21.2. The summed E-state index contributed by atoms with van der Waals surface area (Å²) in [6.07, 6.45) is 6.70. The van der Waals surface area contributed by atoms with Gasteiger partial charge in [0.25, 0.3) is 0 Å². The molecule has 0 aromatic heterocycles. The van der Waals surface area contributed by atoms with Crippen molar-refractivity contribution in [3.8, 4) is 11.5 Å². The van der Waals surface area contributed by atoms with Gasteiger partial charge in [-0.05, 0) is 37.3 Å². The number of nitrogens with zero attached hydrogens (tertiary/aromatic N) is 2. The van der Waals surface area contributed by atoms with Crippen molar-refractivity contribution in [2.45, 2.75) is 70.5 Å². The van der Waals surface area contributed by atoms with Gasteiger partial charge in [0.2, 0.25) is 0 Å². The molecular formula is C27H34N2O3. The first-order chi connectivity index (χ1) is 15.4. The van der Waals surface area contributed by atoms with E-state index in [-0.39, 0.29) is 6.04 Å². The summed E-state index contributed by atoms with van der Waals surface area (Å²) in [5.74, 6) is 1.78. The van der Waals surface area contributed by atoms with Gasteiger partial charge in [0.05, 0.1) is 25.6 Å².